The zero-order valence-corrected chi connectivity index (χ0v) is 6.23. The first-order valence-electron chi connectivity index (χ1n) is 3.17. The summed E-state index contributed by atoms with van der Waals surface area (Å²) in [7, 11) is 0. The third-order valence-corrected chi connectivity index (χ3v) is 1.04. The van der Waals surface area contributed by atoms with E-state index in [-0.39, 0.29) is 0 Å². The van der Waals surface area contributed by atoms with Gasteiger partial charge in [0.15, 0.2) is 5.84 Å². The lowest BCUT2D eigenvalue weighted by molar-refractivity contribution is 1.07. The number of rotatable bonds is 1. The molecule has 0 unspecified atom stereocenters. The van der Waals surface area contributed by atoms with E-state index in [0.717, 1.165) is 0 Å². The minimum absolute atomic E-state index is 0.512. The molecule has 0 aromatic heterocycles. The Morgan fingerprint density at radius 1 is 1.64 bits per heavy atom. The summed E-state index contributed by atoms with van der Waals surface area (Å²) < 4.78 is 0. The van der Waals surface area contributed by atoms with Crippen molar-refractivity contribution < 1.29 is 0 Å². The standard InChI is InChI=1S/C7H8N4/c1-3-4-8-7-6(2)5-9-11-10-7/h3-5H,2H2,1H3/b4-3-,8-7?. The molecule has 0 N–H and O–H groups in total. The molecule has 1 aliphatic rings. The maximum absolute atomic E-state index is 3.97. The number of aliphatic imine (C=N–C) groups is 1. The van der Waals surface area contributed by atoms with Gasteiger partial charge >= 0.3 is 0 Å². The van der Waals surface area contributed by atoms with Gasteiger partial charge in [0.05, 0.1) is 6.21 Å². The summed E-state index contributed by atoms with van der Waals surface area (Å²) in [5.41, 5.74) is 0.679. The SMILES string of the molecule is C=C1C=NN=NC1=N/C=C\C. The van der Waals surface area contributed by atoms with Gasteiger partial charge in [-0.2, -0.15) is 0 Å². The Morgan fingerprint density at radius 3 is 3.09 bits per heavy atom. The molecule has 0 aromatic carbocycles. The predicted molar refractivity (Wildman–Crippen MR) is 44.7 cm³/mol. The molecule has 0 atom stereocenters. The molecule has 0 amide bonds. The summed E-state index contributed by atoms with van der Waals surface area (Å²) in [4.78, 5) is 3.97. The molecule has 0 bridgehead atoms. The van der Waals surface area contributed by atoms with Crippen molar-refractivity contribution in [2.45, 2.75) is 6.92 Å². The Balaban J connectivity index is 2.81. The molecule has 0 aliphatic carbocycles. The first-order valence-corrected chi connectivity index (χ1v) is 3.17. The average molecular weight is 148 g/mol. The van der Waals surface area contributed by atoms with E-state index < -0.39 is 0 Å². The largest absolute Gasteiger partial charge is 0.235 e. The smallest absolute Gasteiger partial charge is 0.184 e. The van der Waals surface area contributed by atoms with Crippen molar-refractivity contribution in [3.63, 3.8) is 0 Å². The summed E-state index contributed by atoms with van der Waals surface area (Å²) in [5.74, 6) is 0.512. The van der Waals surface area contributed by atoms with E-state index in [0.29, 0.717) is 11.4 Å². The minimum atomic E-state index is 0.512. The Kier molecular flexibility index (Phi) is 2.43. The van der Waals surface area contributed by atoms with Gasteiger partial charge in [-0.05, 0) is 12.1 Å². The lowest BCUT2D eigenvalue weighted by Crippen LogP contribution is -2.00. The monoisotopic (exact) mass is 148 g/mol. The number of hydrogen-bond donors (Lipinski definition) is 0. The molecule has 0 aromatic rings. The van der Waals surface area contributed by atoms with Gasteiger partial charge in [0.2, 0.25) is 0 Å². The van der Waals surface area contributed by atoms with Crippen LogP contribution in [0.25, 0.3) is 0 Å². The van der Waals surface area contributed by atoms with Crippen LogP contribution in [-0.4, -0.2) is 12.1 Å². The molecule has 0 fully saturated rings. The molecular formula is C7H8N4. The lowest BCUT2D eigenvalue weighted by Gasteiger charge is -1.97. The molecule has 4 nitrogen and oxygen atoms in total. The van der Waals surface area contributed by atoms with Crippen molar-refractivity contribution >= 4 is 12.1 Å². The fraction of sp³-hybridized carbons (Fsp3) is 0.143. The molecule has 4 heteroatoms. The minimum Gasteiger partial charge on any atom is -0.235 e. The van der Waals surface area contributed by atoms with Crippen LogP contribution in [0, 0.1) is 0 Å². The Bertz CT molecular complexity index is 270. The molecule has 0 saturated heterocycles. The number of hydrogen-bond acceptors (Lipinski definition) is 3. The number of allylic oxidation sites excluding steroid dienone is 1. The van der Waals surface area contributed by atoms with E-state index >= 15 is 0 Å². The predicted octanol–water partition coefficient (Wildman–Crippen LogP) is 1.93. The van der Waals surface area contributed by atoms with Crippen molar-refractivity contribution in [3.8, 4) is 0 Å². The third kappa shape index (κ3) is 1.93. The molecule has 1 heterocycles. The summed E-state index contributed by atoms with van der Waals surface area (Å²) in [6.07, 6.45) is 4.97. The van der Waals surface area contributed by atoms with Crippen molar-refractivity contribution in [1.29, 1.82) is 0 Å². The van der Waals surface area contributed by atoms with Crippen molar-refractivity contribution in [3.05, 3.63) is 24.4 Å². The van der Waals surface area contributed by atoms with Gasteiger partial charge in [-0.1, -0.05) is 12.7 Å². The fourth-order valence-electron chi connectivity index (χ4n) is 0.540. The molecule has 1 rings (SSSR count). The highest BCUT2D eigenvalue weighted by Crippen LogP contribution is 2.01. The van der Waals surface area contributed by atoms with Gasteiger partial charge in [-0.25, -0.2) is 4.99 Å². The van der Waals surface area contributed by atoms with E-state index in [2.05, 4.69) is 27.0 Å². The van der Waals surface area contributed by atoms with E-state index in [1.807, 2.05) is 13.0 Å². The highest BCUT2D eigenvalue weighted by Gasteiger charge is 2.02. The van der Waals surface area contributed by atoms with Crippen molar-refractivity contribution in [1.82, 2.24) is 0 Å². The molecule has 56 valence electrons. The lowest BCUT2D eigenvalue weighted by atomic mass is 10.3. The van der Waals surface area contributed by atoms with E-state index in [1.165, 1.54) is 6.21 Å². The molecule has 0 saturated carbocycles. The van der Waals surface area contributed by atoms with E-state index in [9.17, 15) is 0 Å². The van der Waals surface area contributed by atoms with Crippen molar-refractivity contribution in [2.24, 2.45) is 20.4 Å². The van der Waals surface area contributed by atoms with Gasteiger partial charge in [0, 0.05) is 11.8 Å². The van der Waals surface area contributed by atoms with Crippen molar-refractivity contribution in [2.75, 3.05) is 0 Å². The van der Waals surface area contributed by atoms with E-state index in [1.54, 1.807) is 6.20 Å². The van der Waals surface area contributed by atoms with Crippen LogP contribution in [0.5, 0.6) is 0 Å². The van der Waals surface area contributed by atoms with Gasteiger partial charge in [-0.15, -0.1) is 10.2 Å². The first kappa shape index (κ1) is 7.53. The van der Waals surface area contributed by atoms with Crippen LogP contribution in [0.4, 0.5) is 0 Å². The van der Waals surface area contributed by atoms with Gasteiger partial charge in [0.1, 0.15) is 0 Å². The van der Waals surface area contributed by atoms with Gasteiger partial charge < -0.3 is 0 Å². The fourth-order valence-corrected chi connectivity index (χ4v) is 0.540. The topological polar surface area (TPSA) is 49.4 Å². The quantitative estimate of drug-likeness (QED) is 0.545. The van der Waals surface area contributed by atoms with Crippen LogP contribution >= 0.6 is 0 Å². The van der Waals surface area contributed by atoms with Crippen LogP contribution in [0.15, 0.2) is 44.9 Å². The highest BCUT2D eigenvalue weighted by atomic mass is 15.4. The van der Waals surface area contributed by atoms with E-state index in [4.69, 9.17) is 0 Å². The Labute approximate surface area is 64.8 Å². The summed E-state index contributed by atoms with van der Waals surface area (Å²) >= 11 is 0. The molecule has 0 radical (unpaired) electrons. The molecule has 0 spiro atoms. The summed E-state index contributed by atoms with van der Waals surface area (Å²) in [6.45, 7) is 5.56. The third-order valence-electron chi connectivity index (χ3n) is 1.04. The van der Waals surface area contributed by atoms with Gasteiger partial charge in [0.25, 0.3) is 0 Å². The Morgan fingerprint density at radius 2 is 2.45 bits per heavy atom. The van der Waals surface area contributed by atoms with Crippen LogP contribution in [-0.2, 0) is 0 Å². The number of amidine groups is 1. The summed E-state index contributed by atoms with van der Waals surface area (Å²) in [6, 6.07) is 0. The second-order valence-corrected chi connectivity index (χ2v) is 1.89. The zero-order valence-electron chi connectivity index (χ0n) is 6.23. The highest BCUT2D eigenvalue weighted by molar-refractivity contribution is 6.15. The van der Waals surface area contributed by atoms with Crippen LogP contribution in [0.1, 0.15) is 6.92 Å². The Hall–Kier alpha value is -1.58. The maximum atomic E-state index is 3.97. The summed E-state index contributed by atoms with van der Waals surface area (Å²) in [5, 5.41) is 10.7. The van der Waals surface area contributed by atoms with Crippen LogP contribution < -0.4 is 0 Å². The second-order valence-electron chi connectivity index (χ2n) is 1.89. The first-order chi connectivity index (χ1) is 5.34. The number of nitrogens with zero attached hydrogens (tertiary/aromatic N) is 4. The van der Waals surface area contributed by atoms with Crippen LogP contribution in [0.2, 0.25) is 0 Å². The molecule has 1 aliphatic heterocycles. The van der Waals surface area contributed by atoms with Gasteiger partial charge in [-0.3, -0.25) is 0 Å². The normalized spacial score (nSPS) is 20.5. The van der Waals surface area contributed by atoms with Crippen LogP contribution in [0.3, 0.4) is 0 Å². The maximum Gasteiger partial charge on any atom is 0.184 e. The average Bonchev–Trinajstić information content (AvgIpc) is 2.03. The molecule has 11 heavy (non-hydrogen) atoms. The molecular weight excluding hydrogens is 140 g/mol. The second kappa shape index (κ2) is 3.55. The zero-order chi connectivity index (χ0) is 8.10.